The van der Waals surface area contributed by atoms with E-state index in [1.54, 1.807) is 22.8 Å². The van der Waals surface area contributed by atoms with E-state index in [0.717, 1.165) is 28.0 Å². The summed E-state index contributed by atoms with van der Waals surface area (Å²) in [6.07, 6.45) is 0.640. The lowest BCUT2D eigenvalue weighted by molar-refractivity contribution is 0.550. The molecule has 0 amide bonds. The van der Waals surface area contributed by atoms with Crippen LogP contribution in [0, 0.1) is 13.8 Å². The molecule has 1 N–H and O–H groups in total. The predicted molar refractivity (Wildman–Crippen MR) is 116 cm³/mol. The first kappa shape index (κ1) is 20.8. The number of nitrogens with one attached hydrogen (secondary N) is 1. The van der Waals surface area contributed by atoms with Crippen LogP contribution in [-0.2, 0) is 10.0 Å². The van der Waals surface area contributed by atoms with E-state index in [0.29, 0.717) is 11.1 Å². The van der Waals surface area contributed by atoms with Crippen LogP contribution in [0.5, 0.6) is 0 Å². The van der Waals surface area contributed by atoms with Gasteiger partial charge in [0.15, 0.2) is 0 Å². The van der Waals surface area contributed by atoms with Gasteiger partial charge in [0, 0.05) is 12.1 Å². The summed E-state index contributed by atoms with van der Waals surface area (Å²) < 4.78 is 31.2. The zero-order valence-corrected chi connectivity index (χ0v) is 18.4. The maximum Gasteiger partial charge on any atom is 0.308 e. The van der Waals surface area contributed by atoms with Crippen molar-refractivity contribution in [1.29, 1.82) is 0 Å². The van der Waals surface area contributed by atoms with Crippen molar-refractivity contribution in [3.63, 3.8) is 0 Å². The van der Waals surface area contributed by atoms with Gasteiger partial charge in [-0.05, 0) is 69.0 Å². The molecule has 3 aromatic rings. The minimum Gasteiger partial charge on any atom is -0.296 e. The van der Waals surface area contributed by atoms with Crippen molar-refractivity contribution in [2.75, 3.05) is 0 Å². The van der Waals surface area contributed by atoms with E-state index in [9.17, 15) is 13.2 Å². The molecule has 7 heteroatoms. The minimum atomic E-state index is -3.71. The van der Waals surface area contributed by atoms with Crippen LogP contribution in [0.1, 0.15) is 56.0 Å². The second-order valence-corrected chi connectivity index (χ2v) is 10.1. The molecule has 0 fully saturated rings. The van der Waals surface area contributed by atoms with Crippen molar-refractivity contribution >= 4 is 31.6 Å². The van der Waals surface area contributed by atoms with Crippen LogP contribution in [0.15, 0.2) is 46.1 Å². The highest BCUT2D eigenvalue weighted by atomic mass is 32.2. The third-order valence-electron chi connectivity index (χ3n) is 5.05. The van der Waals surface area contributed by atoms with Crippen LogP contribution >= 0.6 is 11.3 Å². The molecular formula is C21H26N2O3S2. The molecule has 0 spiro atoms. The number of sulfonamides is 1. The van der Waals surface area contributed by atoms with E-state index in [1.165, 1.54) is 5.56 Å². The molecule has 0 radical (unpaired) electrons. The SMILES string of the molecule is CCC(NS(=O)(=O)c1ccc2c(c1)sc(=O)n2C(C)C)c1ccc(C)c(C)c1. The summed E-state index contributed by atoms with van der Waals surface area (Å²) in [6, 6.07) is 10.6. The molecule has 1 unspecified atom stereocenters. The van der Waals surface area contributed by atoms with Crippen molar-refractivity contribution in [3.05, 3.63) is 62.8 Å². The smallest absolute Gasteiger partial charge is 0.296 e. The summed E-state index contributed by atoms with van der Waals surface area (Å²) in [4.78, 5) is 12.3. The van der Waals surface area contributed by atoms with Gasteiger partial charge in [0.05, 0.1) is 15.1 Å². The Morgan fingerprint density at radius 2 is 1.79 bits per heavy atom. The third-order valence-corrected chi connectivity index (χ3v) is 7.44. The molecule has 1 aromatic heterocycles. The maximum absolute atomic E-state index is 13.0. The molecule has 0 aliphatic rings. The molecule has 3 rings (SSSR count). The van der Waals surface area contributed by atoms with Crippen molar-refractivity contribution in [1.82, 2.24) is 9.29 Å². The fourth-order valence-electron chi connectivity index (χ4n) is 3.30. The lowest BCUT2D eigenvalue weighted by Crippen LogP contribution is -2.28. The Morgan fingerprint density at radius 1 is 1.07 bits per heavy atom. The number of hydrogen-bond acceptors (Lipinski definition) is 4. The summed E-state index contributed by atoms with van der Waals surface area (Å²) in [5, 5.41) is 0. The summed E-state index contributed by atoms with van der Waals surface area (Å²) in [6.45, 7) is 9.90. The molecule has 1 atom stereocenters. The van der Waals surface area contributed by atoms with E-state index in [2.05, 4.69) is 4.72 Å². The van der Waals surface area contributed by atoms with E-state index < -0.39 is 10.0 Å². The van der Waals surface area contributed by atoms with Gasteiger partial charge in [-0.1, -0.05) is 36.5 Å². The molecule has 0 saturated heterocycles. The second-order valence-electron chi connectivity index (χ2n) is 7.39. The average molecular weight is 419 g/mol. The van der Waals surface area contributed by atoms with Crippen LogP contribution in [0.2, 0.25) is 0 Å². The molecular weight excluding hydrogens is 392 g/mol. The Labute approximate surface area is 170 Å². The van der Waals surface area contributed by atoms with Gasteiger partial charge in [-0.3, -0.25) is 9.36 Å². The molecule has 0 saturated carbocycles. The molecule has 28 heavy (non-hydrogen) atoms. The highest BCUT2D eigenvalue weighted by Gasteiger charge is 2.22. The number of fused-ring (bicyclic) bond motifs is 1. The Bertz CT molecular complexity index is 1170. The summed E-state index contributed by atoms with van der Waals surface area (Å²) in [5.74, 6) is 0. The van der Waals surface area contributed by atoms with Gasteiger partial charge in [-0.15, -0.1) is 0 Å². The Balaban J connectivity index is 1.97. The minimum absolute atomic E-state index is 0.0241. The van der Waals surface area contributed by atoms with Crippen LogP contribution in [0.4, 0.5) is 0 Å². The monoisotopic (exact) mass is 418 g/mol. The fraction of sp³-hybridized carbons (Fsp3) is 0.381. The van der Waals surface area contributed by atoms with E-state index >= 15 is 0 Å². The second kappa shape index (κ2) is 7.81. The normalized spacial score (nSPS) is 13.4. The van der Waals surface area contributed by atoms with E-state index in [-0.39, 0.29) is 21.9 Å². The first-order valence-corrected chi connectivity index (χ1v) is 11.7. The van der Waals surface area contributed by atoms with Gasteiger partial charge in [-0.25, -0.2) is 13.1 Å². The van der Waals surface area contributed by atoms with Gasteiger partial charge in [-0.2, -0.15) is 0 Å². The number of hydrogen-bond donors (Lipinski definition) is 1. The lowest BCUT2D eigenvalue weighted by Gasteiger charge is -2.19. The summed E-state index contributed by atoms with van der Waals surface area (Å²) in [7, 11) is -3.71. The van der Waals surface area contributed by atoms with Gasteiger partial charge >= 0.3 is 4.87 Å². The standard InChI is InChI=1S/C21H26N2O3S2/c1-6-18(16-8-7-14(4)15(5)11-16)22-28(25,26)17-9-10-19-20(12-17)27-21(24)23(19)13(2)3/h7-13,18,22H,6H2,1-5H3. The molecule has 150 valence electrons. The van der Waals surface area contributed by atoms with E-state index in [4.69, 9.17) is 0 Å². The van der Waals surface area contributed by atoms with Crippen LogP contribution < -0.4 is 9.60 Å². The lowest BCUT2D eigenvalue weighted by atomic mass is 10.0. The van der Waals surface area contributed by atoms with Crippen molar-refractivity contribution in [2.24, 2.45) is 0 Å². The third kappa shape index (κ3) is 3.92. The Morgan fingerprint density at radius 3 is 2.39 bits per heavy atom. The first-order valence-electron chi connectivity index (χ1n) is 9.38. The van der Waals surface area contributed by atoms with E-state index in [1.807, 2.05) is 52.8 Å². The predicted octanol–water partition coefficient (Wildman–Crippen LogP) is 4.69. The number of aryl methyl sites for hydroxylation is 2. The van der Waals surface area contributed by atoms with Crippen LogP contribution in [0.25, 0.3) is 10.2 Å². The summed E-state index contributed by atoms with van der Waals surface area (Å²) in [5.41, 5.74) is 4.03. The van der Waals surface area contributed by atoms with Crippen molar-refractivity contribution in [2.45, 2.75) is 58.0 Å². The molecule has 2 aromatic carbocycles. The number of thiazole rings is 1. The number of rotatable bonds is 6. The fourth-order valence-corrected chi connectivity index (χ4v) is 5.76. The number of benzene rings is 2. The number of aromatic nitrogens is 1. The van der Waals surface area contributed by atoms with Gasteiger partial charge in [0.25, 0.3) is 0 Å². The topological polar surface area (TPSA) is 68.2 Å². The van der Waals surface area contributed by atoms with Crippen LogP contribution in [0.3, 0.4) is 0 Å². The Kier molecular flexibility index (Phi) is 5.79. The number of nitrogens with zero attached hydrogens (tertiary/aromatic N) is 1. The molecule has 0 aliphatic carbocycles. The summed E-state index contributed by atoms with van der Waals surface area (Å²) >= 11 is 1.08. The maximum atomic E-state index is 13.0. The molecule has 0 bridgehead atoms. The van der Waals surface area contributed by atoms with Crippen LogP contribution in [-0.4, -0.2) is 13.0 Å². The zero-order valence-electron chi connectivity index (χ0n) is 16.8. The quantitative estimate of drug-likeness (QED) is 0.631. The van der Waals surface area contributed by atoms with Gasteiger partial charge in [0.2, 0.25) is 10.0 Å². The van der Waals surface area contributed by atoms with Crippen molar-refractivity contribution in [3.8, 4) is 0 Å². The zero-order chi connectivity index (χ0) is 20.6. The molecule has 5 nitrogen and oxygen atoms in total. The molecule has 0 aliphatic heterocycles. The first-order chi connectivity index (χ1) is 13.1. The molecule has 1 heterocycles. The average Bonchev–Trinajstić information content (AvgIpc) is 2.97. The van der Waals surface area contributed by atoms with Gasteiger partial charge < -0.3 is 0 Å². The van der Waals surface area contributed by atoms with Gasteiger partial charge in [0.1, 0.15) is 0 Å². The highest BCUT2D eigenvalue weighted by Crippen LogP contribution is 2.26. The largest absolute Gasteiger partial charge is 0.308 e. The highest BCUT2D eigenvalue weighted by molar-refractivity contribution is 7.89. The van der Waals surface area contributed by atoms with Crippen molar-refractivity contribution < 1.29 is 8.42 Å². The Hall–Kier alpha value is -1.96.